The molecule has 54 valence electrons. The Morgan fingerprint density at radius 2 is 2.11 bits per heavy atom. The lowest BCUT2D eigenvalue weighted by atomic mass is 10.1. The Kier molecular flexibility index (Phi) is 3.27. The van der Waals surface area contributed by atoms with Crippen LogP contribution in [0.5, 0.6) is 0 Å². The fourth-order valence-electron chi connectivity index (χ4n) is 0.891. The second kappa shape index (κ2) is 3.77. The molecule has 1 heterocycles. The summed E-state index contributed by atoms with van der Waals surface area (Å²) < 4.78 is 0. The van der Waals surface area contributed by atoms with Crippen LogP contribution in [0.2, 0.25) is 0 Å². The summed E-state index contributed by atoms with van der Waals surface area (Å²) in [4.78, 5) is 0. The van der Waals surface area contributed by atoms with Gasteiger partial charge in [-0.25, -0.2) is 0 Å². The van der Waals surface area contributed by atoms with E-state index in [1.807, 2.05) is 0 Å². The van der Waals surface area contributed by atoms with Crippen LogP contribution >= 0.6 is 23.5 Å². The Labute approximate surface area is 66.2 Å². The lowest BCUT2D eigenvalue weighted by molar-refractivity contribution is 0.646. The van der Waals surface area contributed by atoms with Gasteiger partial charge >= 0.3 is 0 Å². The van der Waals surface area contributed by atoms with E-state index in [9.17, 15) is 0 Å². The molecule has 1 aliphatic rings. The molecule has 0 N–H and O–H groups in total. The van der Waals surface area contributed by atoms with E-state index in [1.54, 1.807) is 0 Å². The van der Waals surface area contributed by atoms with Crippen LogP contribution in [-0.4, -0.2) is 22.5 Å². The van der Waals surface area contributed by atoms with Gasteiger partial charge in [-0.15, -0.1) is 0 Å². The van der Waals surface area contributed by atoms with Crippen molar-refractivity contribution in [3.8, 4) is 0 Å². The molecule has 0 amide bonds. The molecular weight excluding hydrogens is 148 g/mol. The molecular formula is C7H14S2. The van der Waals surface area contributed by atoms with Crippen LogP contribution in [0.15, 0.2) is 0 Å². The van der Waals surface area contributed by atoms with Crippen LogP contribution in [0.25, 0.3) is 0 Å². The van der Waals surface area contributed by atoms with Gasteiger partial charge in [0.2, 0.25) is 0 Å². The highest BCUT2D eigenvalue weighted by molar-refractivity contribution is 8.06. The molecule has 0 spiro atoms. The smallest absolute Gasteiger partial charge is 0.0161 e. The quantitative estimate of drug-likeness (QED) is 0.581. The monoisotopic (exact) mass is 162 g/mol. The molecule has 1 saturated heterocycles. The SMILES string of the molecule is CC(C)C1CSCCS1. The zero-order chi connectivity index (χ0) is 6.69. The van der Waals surface area contributed by atoms with Crippen molar-refractivity contribution in [2.45, 2.75) is 19.1 Å². The summed E-state index contributed by atoms with van der Waals surface area (Å²) in [6, 6.07) is 0. The van der Waals surface area contributed by atoms with Gasteiger partial charge in [0.05, 0.1) is 0 Å². The molecule has 1 unspecified atom stereocenters. The highest BCUT2D eigenvalue weighted by atomic mass is 32.2. The third kappa shape index (κ3) is 2.42. The first-order valence-corrected chi connectivity index (χ1v) is 5.70. The maximum atomic E-state index is 2.32. The number of rotatable bonds is 1. The van der Waals surface area contributed by atoms with E-state index in [-0.39, 0.29) is 0 Å². The van der Waals surface area contributed by atoms with Gasteiger partial charge in [-0.2, -0.15) is 23.5 Å². The standard InChI is InChI=1S/C7H14S2/c1-6(2)7-5-8-3-4-9-7/h6-7H,3-5H2,1-2H3. The Morgan fingerprint density at radius 1 is 1.33 bits per heavy atom. The third-order valence-electron chi connectivity index (χ3n) is 1.59. The molecule has 2 heteroatoms. The van der Waals surface area contributed by atoms with Crippen molar-refractivity contribution < 1.29 is 0 Å². The molecule has 1 aliphatic heterocycles. The van der Waals surface area contributed by atoms with E-state index >= 15 is 0 Å². The van der Waals surface area contributed by atoms with Crippen molar-refractivity contribution >= 4 is 23.5 Å². The average Bonchev–Trinajstić information content (AvgIpc) is 1.90. The molecule has 9 heavy (non-hydrogen) atoms. The minimum Gasteiger partial charge on any atom is -0.160 e. The van der Waals surface area contributed by atoms with Crippen molar-refractivity contribution in [1.82, 2.24) is 0 Å². The Balaban J connectivity index is 2.23. The zero-order valence-corrected chi connectivity index (χ0v) is 7.73. The number of thioether (sulfide) groups is 2. The number of hydrogen-bond acceptors (Lipinski definition) is 2. The lowest BCUT2D eigenvalue weighted by Gasteiger charge is -2.23. The summed E-state index contributed by atoms with van der Waals surface area (Å²) in [6.45, 7) is 4.65. The Bertz CT molecular complexity index is 75.0. The van der Waals surface area contributed by atoms with Gasteiger partial charge in [0.1, 0.15) is 0 Å². The summed E-state index contributed by atoms with van der Waals surface area (Å²) in [6.07, 6.45) is 0. The molecule has 1 rings (SSSR count). The molecule has 0 aromatic rings. The lowest BCUT2D eigenvalue weighted by Crippen LogP contribution is -2.19. The molecule has 0 aromatic heterocycles. The molecule has 0 nitrogen and oxygen atoms in total. The van der Waals surface area contributed by atoms with Gasteiger partial charge in [-0.05, 0) is 5.92 Å². The van der Waals surface area contributed by atoms with Gasteiger partial charge in [0, 0.05) is 22.5 Å². The maximum Gasteiger partial charge on any atom is 0.0161 e. The summed E-state index contributed by atoms with van der Waals surface area (Å²) in [5, 5.41) is 0.934. The van der Waals surface area contributed by atoms with Gasteiger partial charge in [-0.3, -0.25) is 0 Å². The zero-order valence-electron chi connectivity index (χ0n) is 6.09. The topological polar surface area (TPSA) is 0 Å². The van der Waals surface area contributed by atoms with E-state index in [2.05, 4.69) is 37.4 Å². The molecule has 0 aliphatic carbocycles. The van der Waals surface area contributed by atoms with Gasteiger partial charge in [-0.1, -0.05) is 13.8 Å². The Hall–Kier alpha value is 0.700. The van der Waals surface area contributed by atoms with Gasteiger partial charge in [0.15, 0.2) is 0 Å². The molecule has 0 bridgehead atoms. The molecule has 1 atom stereocenters. The second-order valence-corrected chi connectivity index (χ2v) is 5.23. The fourth-order valence-corrected chi connectivity index (χ4v) is 3.89. The summed E-state index contributed by atoms with van der Waals surface area (Å²) in [5.41, 5.74) is 0. The molecule has 0 aromatic carbocycles. The van der Waals surface area contributed by atoms with Crippen molar-refractivity contribution in [3.05, 3.63) is 0 Å². The van der Waals surface area contributed by atoms with Crippen molar-refractivity contribution in [2.75, 3.05) is 17.3 Å². The Morgan fingerprint density at radius 3 is 2.44 bits per heavy atom. The minimum absolute atomic E-state index is 0.878. The number of hydrogen-bond donors (Lipinski definition) is 0. The van der Waals surface area contributed by atoms with Crippen molar-refractivity contribution in [3.63, 3.8) is 0 Å². The summed E-state index contributed by atoms with van der Waals surface area (Å²) in [5.74, 6) is 4.99. The van der Waals surface area contributed by atoms with Crippen LogP contribution in [0.1, 0.15) is 13.8 Å². The molecule has 0 saturated carbocycles. The molecule has 0 radical (unpaired) electrons. The van der Waals surface area contributed by atoms with Gasteiger partial charge in [0.25, 0.3) is 0 Å². The third-order valence-corrected chi connectivity index (χ3v) is 4.72. The summed E-state index contributed by atoms with van der Waals surface area (Å²) >= 11 is 4.26. The first-order chi connectivity index (χ1) is 4.30. The normalized spacial score (nSPS) is 29.0. The van der Waals surface area contributed by atoms with Crippen LogP contribution in [0.4, 0.5) is 0 Å². The van der Waals surface area contributed by atoms with E-state index in [1.165, 1.54) is 17.3 Å². The van der Waals surface area contributed by atoms with Crippen molar-refractivity contribution in [1.29, 1.82) is 0 Å². The minimum atomic E-state index is 0.878. The molecule has 1 fully saturated rings. The van der Waals surface area contributed by atoms with Crippen molar-refractivity contribution in [2.24, 2.45) is 5.92 Å². The summed E-state index contributed by atoms with van der Waals surface area (Å²) in [7, 11) is 0. The highest BCUT2D eigenvalue weighted by Gasteiger charge is 2.16. The van der Waals surface area contributed by atoms with Crippen LogP contribution in [-0.2, 0) is 0 Å². The van der Waals surface area contributed by atoms with E-state index < -0.39 is 0 Å². The van der Waals surface area contributed by atoms with Crippen LogP contribution < -0.4 is 0 Å². The average molecular weight is 162 g/mol. The fraction of sp³-hybridized carbons (Fsp3) is 1.00. The largest absolute Gasteiger partial charge is 0.160 e. The van der Waals surface area contributed by atoms with E-state index in [0.29, 0.717) is 0 Å². The predicted molar refractivity (Wildman–Crippen MR) is 48.4 cm³/mol. The van der Waals surface area contributed by atoms with Crippen LogP contribution in [0, 0.1) is 5.92 Å². The predicted octanol–water partition coefficient (Wildman–Crippen LogP) is 2.49. The van der Waals surface area contributed by atoms with E-state index in [4.69, 9.17) is 0 Å². The second-order valence-electron chi connectivity index (χ2n) is 2.73. The highest BCUT2D eigenvalue weighted by Crippen LogP contribution is 2.28. The first kappa shape index (κ1) is 7.80. The van der Waals surface area contributed by atoms with Crippen LogP contribution in [0.3, 0.4) is 0 Å². The first-order valence-electron chi connectivity index (χ1n) is 3.50. The maximum absolute atomic E-state index is 2.32. The van der Waals surface area contributed by atoms with Gasteiger partial charge < -0.3 is 0 Å². The van der Waals surface area contributed by atoms with E-state index in [0.717, 1.165) is 11.2 Å².